The van der Waals surface area contributed by atoms with Gasteiger partial charge in [0.1, 0.15) is 11.5 Å². The molecule has 0 saturated heterocycles. The first-order chi connectivity index (χ1) is 8.71. The summed E-state index contributed by atoms with van der Waals surface area (Å²) in [4.78, 5) is 0. The molecule has 1 atom stereocenters. The molecule has 0 heterocycles. The number of methoxy groups -OCH3 is 2. The Labute approximate surface area is 114 Å². The largest absolute Gasteiger partial charge is 0.497 e. The first kappa shape index (κ1) is 15.2. The van der Waals surface area contributed by atoms with Crippen molar-refractivity contribution in [2.75, 3.05) is 25.7 Å². The Morgan fingerprint density at radius 3 is 2.67 bits per heavy atom. The molecule has 1 N–H and O–H groups in total. The Kier molecular flexibility index (Phi) is 6.98. The zero-order valence-corrected chi connectivity index (χ0v) is 12.5. The molecule has 18 heavy (non-hydrogen) atoms. The van der Waals surface area contributed by atoms with Crippen LogP contribution >= 0.6 is 11.8 Å². The number of hydrogen-bond acceptors (Lipinski definition) is 4. The van der Waals surface area contributed by atoms with Crippen LogP contribution < -0.4 is 14.8 Å². The molecule has 0 radical (unpaired) electrons. The van der Waals surface area contributed by atoms with Crippen molar-refractivity contribution in [3.63, 3.8) is 0 Å². The predicted molar refractivity (Wildman–Crippen MR) is 78.8 cm³/mol. The number of thioether (sulfide) groups is 1. The Hall–Kier alpha value is -0.870. The maximum Gasteiger partial charge on any atom is 0.123 e. The van der Waals surface area contributed by atoms with Gasteiger partial charge in [-0.1, -0.05) is 6.92 Å². The minimum absolute atomic E-state index is 0.492. The topological polar surface area (TPSA) is 30.5 Å². The maximum atomic E-state index is 5.36. The molecule has 0 fully saturated rings. The highest BCUT2D eigenvalue weighted by molar-refractivity contribution is 7.99. The molecule has 0 saturated carbocycles. The van der Waals surface area contributed by atoms with Crippen molar-refractivity contribution in [3.05, 3.63) is 23.8 Å². The van der Waals surface area contributed by atoms with Gasteiger partial charge in [0.25, 0.3) is 0 Å². The summed E-state index contributed by atoms with van der Waals surface area (Å²) in [6.45, 7) is 5.18. The summed E-state index contributed by atoms with van der Waals surface area (Å²) in [6.07, 6.45) is 0. The Bertz CT molecular complexity index is 358. The van der Waals surface area contributed by atoms with Crippen molar-refractivity contribution in [2.24, 2.45) is 0 Å². The van der Waals surface area contributed by atoms with Crippen molar-refractivity contribution in [3.8, 4) is 11.5 Å². The second-order valence-corrected chi connectivity index (χ2v) is 5.44. The van der Waals surface area contributed by atoms with E-state index in [-0.39, 0.29) is 0 Å². The zero-order chi connectivity index (χ0) is 13.4. The van der Waals surface area contributed by atoms with Crippen LogP contribution in [0, 0.1) is 0 Å². The van der Waals surface area contributed by atoms with Gasteiger partial charge < -0.3 is 14.8 Å². The molecule has 1 rings (SSSR count). The minimum Gasteiger partial charge on any atom is -0.497 e. The second kappa shape index (κ2) is 8.27. The average molecular weight is 269 g/mol. The standard InChI is InChI=1S/C14H23NO2S/c1-5-18-10-11(2)15-9-12-8-13(16-3)6-7-14(12)17-4/h6-8,11,15H,5,9-10H2,1-4H3. The summed E-state index contributed by atoms with van der Waals surface area (Å²) in [7, 11) is 3.38. The summed E-state index contributed by atoms with van der Waals surface area (Å²) in [5, 5.41) is 3.50. The number of nitrogens with one attached hydrogen (secondary N) is 1. The van der Waals surface area contributed by atoms with Gasteiger partial charge in [-0.15, -0.1) is 0 Å². The van der Waals surface area contributed by atoms with Crippen molar-refractivity contribution < 1.29 is 9.47 Å². The number of ether oxygens (including phenoxy) is 2. The van der Waals surface area contributed by atoms with Gasteiger partial charge in [0.05, 0.1) is 14.2 Å². The fraction of sp³-hybridized carbons (Fsp3) is 0.571. The average Bonchev–Trinajstić information content (AvgIpc) is 2.42. The Morgan fingerprint density at radius 2 is 2.06 bits per heavy atom. The van der Waals surface area contributed by atoms with Crippen molar-refractivity contribution in [1.82, 2.24) is 5.32 Å². The number of rotatable bonds is 8. The van der Waals surface area contributed by atoms with Gasteiger partial charge in [-0.25, -0.2) is 0 Å². The van der Waals surface area contributed by atoms with E-state index in [1.165, 1.54) is 0 Å². The molecule has 0 aliphatic heterocycles. The molecule has 1 aromatic rings. The summed E-state index contributed by atoms with van der Waals surface area (Å²) >= 11 is 1.95. The fourth-order valence-electron chi connectivity index (χ4n) is 1.66. The molecule has 4 heteroatoms. The molecule has 0 amide bonds. The van der Waals surface area contributed by atoms with E-state index < -0.39 is 0 Å². The molecule has 0 bridgehead atoms. The SMILES string of the molecule is CCSCC(C)NCc1cc(OC)ccc1OC. The van der Waals surface area contributed by atoms with E-state index >= 15 is 0 Å². The lowest BCUT2D eigenvalue weighted by Crippen LogP contribution is -2.27. The van der Waals surface area contributed by atoms with E-state index in [9.17, 15) is 0 Å². The Balaban J connectivity index is 2.59. The molecule has 102 valence electrons. The third kappa shape index (κ3) is 4.78. The molecule has 1 aromatic carbocycles. The predicted octanol–water partition coefficient (Wildman–Crippen LogP) is 2.94. The van der Waals surface area contributed by atoms with Gasteiger partial charge in [0, 0.05) is 23.9 Å². The molecular weight excluding hydrogens is 246 g/mol. The van der Waals surface area contributed by atoms with Crippen LogP contribution in [0.1, 0.15) is 19.4 Å². The molecule has 1 unspecified atom stereocenters. The molecule has 0 spiro atoms. The molecular formula is C14H23NO2S. The number of hydrogen-bond donors (Lipinski definition) is 1. The maximum absolute atomic E-state index is 5.36. The van der Waals surface area contributed by atoms with E-state index in [1.807, 2.05) is 30.0 Å². The molecule has 3 nitrogen and oxygen atoms in total. The third-order valence-corrected chi connectivity index (χ3v) is 3.84. The van der Waals surface area contributed by atoms with Gasteiger partial charge in [-0.3, -0.25) is 0 Å². The lowest BCUT2D eigenvalue weighted by atomic mass is 10.2. The van der Waals surface area contributed by atoms with Gasteiger partial charge >= 0.3 is 0 Å². The van der Waals surface area contributed by atoms with Crippen LogP contribution in [0.5, 0.6) is 11.5 Å². The summed E-state index contributed by atoms with van der Waals surface area (Å²) in [5.74, 6) is 4.05. The summed E-state index contributed by atoms with van der Waals surface area (Å²) in [5.41, 5.74) is 1.13. The van der Waals surface area contributed by atoms with Gasteiger partial charge in [0.2, 0.25) is 0 Å². The van der Waals surface area contributed by atoms with Crippen LogP contribution in [0.15, 0.2) is 18.2 Å². The van der Waals surface area contributed by atoms with E-state index in [4.69, 9.17) is 9.47 Å². The highest BCUT2D eigenvalue weighted by atomic mass is 32.2. The quantitative estimate of drug-likeness (QED) is 0.786. The van der Waals surface area contributed by atoms with Crippen molar-refractivity contribution in [1.29, 1.82) is 0 Å². The van der Waals surface area contributed by atoms with E-state index in [2.05, 4.69) is 19.2 Å². The zero-order valence-electron chi connectivity index (χ0n) is 11.7. The molecule has 0 aromatic heterocycles. The van der Waals surface area contributed by atoms with Gasteiger partial charge in [0.15, 0.2) is 0 Å². The van der Waals surface area contributed by atoms with E-state index in [0.29, 0.717) is 6.04 Å². The lowest BCUT2D eigenvalue weighted by molar-refractivity contribution is 0.396. The summed E-state index contributed by atoms with van der Waals surface area (Å²) in [6, 6.07) is 6.37. The fourth-order valence-corrected chi connectivity index (χ4v) is 2.36. The second-order valence-electron chi connectivity index (χ2n) is 4.12. The van der Waals surface area contributed by atoms with Crippen molar-refractivity contribution in [2.45, 2.75) is 26.4 Å². The van der Waals surface area contributed by atoms with Crippen LogP contribution in [0.4, 0.5) is 0 Å². The smallest absolute Gasteiger partial charge is 0.123 e. The first-order valence-electron chi connectivity index (χ1n) is 6.23. The van der Waals surface area contributed by atoms with Crippen LogP contribution in [0.3, 0.4) is 0 Å². The monoisotopic (exact) mass is 269 g/mol. The van der Waals surface area contributed by atoms with Gasteiger partial charge in [-0.2, -0.15) is 11.8 Å². The van der Waals surface area contributed by atoms with E-state index in [0.717, 1.165) is 35.1 Å². The van der Waals surface area contributed by atoms with Crippen LogP contribution in [-0.4, -0.2) is 31.8 Å². The van der Waals surface area contributed by atoms with Gasteiger partial charge in [-0.05, 0) is 30.9 Å². The highest BCUT2D eigenvalue weighted by Gasteiger charge is 2.07. The lowest BCUT2D eigenvalue weighted by Gasteiger charge is -2.15. The summed E-state index contributed by atoms with van der Waals surface area (Å²) < 4.78 is 10.6. The normalized spacial score (nSPS) is 12.2. The Morgan fingerprint density at radius 1 is 1.28 bits per heavy atom. The minimum atomic E-state index is 0.492. The van der Waals surface area contributed by atoms with Crippen LogP contribution in [-0.2, 0) is 6.54 Å². The molecule has 0 aliphatic rings. The van der Waals surface area contributed by atoms with Crippen LogP contribution in [0.2, 0.25) is 0 Å². The van der Waals surface area contributed by atoms with E-state index in [1.54, 1.807) is 14.2 Å². The van der Waals surface area contributed by atoms with Crippen LogP contribution in [0.25, 0.3) is 0 Å². The first-order valence-corrected chi connectivity index (χ1v) is 7.38. The highest BCUT2D eigenvalue weighted by Crippen LogP contribution is 2.23. The third-order valence-electron chi connectivity index (χ3n) is 2.70. The van der Waals surface area contributed by atoms with Crippen molar-refractivity contribution >= 4 is 11.8 Å². The molecule has 0 aliphatic carbocycles. The number of benzene rings is 1.